The van der Waals surface area contributed by atoms with Gasteiger partial charge in [0.2, 0.25) is 0 Å². The topological polar surface area (TPSA) is 70.3 Å². The Morgan fingerprint density at radius 2 is 2.17 bits per heavy atom. The zero-order valence-electron chi connectivity index (χ0n) is 8.73. The number of aliphatic carboxylic acids is 1. The number of benzene rings is 1. The van der Waals surface area contributed by atoms with Crippen molar-refractivity contribution in [2.75, 3.05) is 0 Å². The summed E-state index contributed by atoms with van der Waals surface area (Å²) in [7, 11) is 0. The van der Waals surface area contributed by atoms with Crippen molar-refractivity contribution < 1.29 is 27.8 Å². The first-order chi connectivity index (χ1) is 8.45. The first-order valence-electron chi connectivity index (χ1n) is 4.54. The average Bonchev–Trinajstić information content (AvgIpc) is 2.29. The van der Waals surface area contributed by atoms with Gasteiger partial charge in [0.15, 0.2) is 11.6 Å². The second-order valence-electron chi connectivity index (χ2n) is 3.00. The summed E-state index contributed by atoms with van der Waals surface area (Å²) in [6.07, 6.45) is 1.68. The first-order valence-corrected chi connectivity index (χ1v) is 4.54. The monoisotopic (exact) mass is 257 g/mol. The van der Waals surface area contributed by atoms with E-state index in [1.807, 2.05) is 0 Å². The number of nitrogens with zero attached hydrogens (tertiary/aromatic N) is 1. The summed E-state index contributed by atoms with van der Waals surface area (Å²) < 4.78 is 41.3. The number of carbonyl (C=O) groups is 1. The Hall–Kier alpha value is -2.49. The Balaban J connectivity index is 3.21. The van der Waals surface area contributed by atoms with Gasteiger partial charge < -0.3 is 9.84 Å². The molecule has 0 aliphatic heterocycles. The second-order valence-corrected chi connectivity index (χ2v) is 3.00. The van der Waals surface area contributed by atoms with Gasteiger partial charge in [-0.15, -0.1) is 0 Å². The van der Waals surface area contributed by atoms with Crippen LogP contribution < -0.4 is 4.74 Å². The molecule has 0 radical (unpaired) electrons. The number of halogens is 3. The van der Waals surface area contributed by atoms with E-state index in [1.54, 1.807) is 0 Å². The average molecular weight is 257 g/mol. The zero-order chi connectivity index (χ0) is 13.7. The zero-order valence-corrected chi connectivity index (χ0v) is 8.73. The van der Waals surface area contributed by atoms with Crippen molar-refractivity contribution in [2.24, 2.45) is 0 Å². The Bertz CT molecular complexity index is 535. The van der Waals surface area contributed by atoms with Gasteiger partial charge >= 0.3 is 12.6 Å². The Morgan fingerprint density at radius 3 is 2.67 bits per heavy atom. The highest BCUT2D eigenvalue weighted by molar-refractivity contribution is 5.86. The Morgan fingerprint density at radius 1 is 1.50 bits per heavy atom. The third-order valence-electron chi connectivity index (χ3n) is 1.87. The minimum absolute atomic E-state index is 0.0426. The van der Waals surface area contributed by atoms with Crippen molar-refractivity contribution in [3.63, 3.8) is 0 Å². The number of carboxylic acids is 1. The van der Waals surface area contributed by atoms with Crippen LogP contribution in [0.4, 0.5) is 13.2 Å². The molecule has 0 bridgehead atoms. The predicted octanol–water partition coefficient (Wildman–Crippen LogP) is 2.40. The second kappa shape index (κ2) is 5.72. The fourth-order valence-electron chi connectivity index (χ4n) is 1.17. The van der Waals surface area contributed by atoms with Crippen molar-refractivity contribution in [3.8, 4) is 11.8 Å². The standard InChI is InChI=1S/C11H6F3NO3/c12-10-7(5-15)6(2-4-9(16)17)1-3-8(10)18-11(13)14/h1-4,11H,(H,16,17)/b4-2+. The summed E-state index contributed by atoms with van der Waals surface area (Å²) in [5.74, 6) is -3.31. The summed E-state index contributed by atoms with van der Waals surface area (Å²) >= 11 is 0. The van der Waals surface area contributed by atoms with Crippen LogP contribution in [0, 0.1) is 17.1 Å². The van der Waals surface area contributed by atoms with Crippen LogP contribution in [0.5, 0.6) is 5.75 Å². The number of hydrogen-bond acceptors (Lipinski definition) is 3. The molecular weight excluding hydrogens is 251 g/mol. The summed E-state index contributed by atoms with van der Waals surface area (Å²) in [5.41, 5.74) is -0.607. The first kappa shape index (κ1) is 13.6. The number of nitriles is 1. The molecule has 0 unspecified atom stereocenters. The minimum Gasteiger partial charge on any atom is -0.478 e. The van der Waals surface area contributed by atoms with Crippen LogP contribution >= 0.6 is 0 Å². The lowest BCUT2D eigenvalue weighted by atomic mass is 10.1. The van der Waals surface area contributed by atoms with Crippen LogP contribution in [0.25, 0.3) is 6.08 Å². The van der Waals surface area contributed by atoms with E-state index in [1.165, 1.54) is 6.07 Å². The van der Waals surface area contributed by atoms with Gasteiger partial charge in [-0.3, -0.25) is 0 Å². The Kier molecular flexibility index (Phi) is 4.32. The van der Waals surface area contributed by atoms with Gasteiger partial charge in [0.25, 0.3) is 0 Å². The maximum Gasteiger partial charge on any atom is 0.387 e. The number of ether oxygens (including phenoxy) is 1. The van der Waals surface area contributed by atoms with Gasteiger partial charge in [0.1, 0.15) is 6.07 Å². The maximum atomic E-state index is 13.6. The van der Waals surface area contributed by atoms with E-state index < -0.39 is 29.7 Å². The molecule has 0 heterocycles. The van der Waals surface area contributed by atoms with Crippen LogP contribution in [0.1, 0.15) is 11.1 Å². The van der Waals surface area contributed by atoms with E-state index in [9.17, 15) is 18.0 Å². The largest absolute Gasteiger partial charge is 0.478 e. The minimum atomic E-state index is -3.22. The van der Waals surface area contributed by atoms with E-state index in [4.69, 9.17) is 10.4 Å². The van der Waals surface area contributed by atoms with Crippen LogP contribution in [-0.4, -0.2) is 17.7 Å². The molecule has 4 nitrogen and oxygen atoms in total. The molecule has 0 atom stereocenters. The molecule has 7 heteroatoms. The molecule has 1 aromatic rings. The maximum absolute atomic E-state index is 13.6. The van der Waals surface area contributed by atoms with Gasteiger partial charge in [-0.2, -0.15) is 14.0 Å². The van der Waals surface area contributed by atoms with Crippen LogP contribution in [0.2, 0.25) is 0 Å². The van der Waals surface area contributed by atoms with Crippen molar-refractivity contribution in [2.45, 2.75) is 6.61 Å². The lowest BCUT2D eigenvalue weighted by molar-refractivity contribution is -0.131. The third-order valence-corrected chi connectivity index (χ3v) is 1.87. The molecule has 0 aliphatic carbocycles. The van der Waals surface area contributed by atoms with E-state index in [0.29, 0.717) is 6.08 Å². The van der Waals surface area contributed by atoms with E-state index in [2.05, 4.69) is 4.74 Å². The predicted molar refractivity (Wildman–Crippen MR) is 54.4 cm³/mol. The van der Waals surface area contributed by atoms with Crippen molar-refractivity contribution in [1.82, 2.24) is 0 Å². The molecule has 0 spiro atoms. The quantitative estimate of drug-likeness (QED) is 0.841. The highest BCUT2D eigenvalue weighted by atomic mass is 19.3. The third kappa shape index (κ3) is 3.25. The molecule has 0 fully saturated rings. The fraction of sp³-hybridized carbons (Fsp3) is 0.0909. The summed E-state index contributed by atoms with van der Waals surface area (Å²) in [6, 6.07) is 3.46. The van der Waals surface area contributed by atoms with Crippen LogP contribution in [-0.2, 0) is 4.79 Å². The molecule has 1 rings (SSSR count). The lowest BCUT2D eigenvalue weighted by Gasteiger charge is -2.07. The molecular formula is C11H6F3NO3. The summed E-state index contributed by atoms with van der Waals surface area (Å²) in [5, 5.41) is 17.1. The molecule has 18 heavy (non-hydrogen) atoms. The number of carboxylic acid groups (broad SMARTS) is 1. The molecule has 0 saturated heterocycles. The van der Waals surface area contributed by atoms with Crippen LogP contribution in [0.3, 0.4) is 0 Å². The molecule has 0 saturated carbocycles. The number of alkyl halides is 2. The van der Waals surface area contributed by atoms with Gasteiger partial charge in [0.05, 0.1) is 5.56 Å². The summed E-state index contributed by atoms with van der Waals surface area (Å²) in [6.45, 7) is -3.22. The smallest absolute Gasteiger partial charge is 0.387 e. The molecule has 1 N–H and O–H groups in total. The van der Waals surface area contributed by atoms with Crippen LogP contribution in [0.15, 0.2) is 18.2 Å². The van der Waals surface area contributed by atoms with Gasteiger partial charge in [-0.1, -0.05) is 0 Å². The van der Waals surface area contributed by atoms with E-state index >= 15 is 0 Å². The molecule has 1 aromatic carbocycles. The lowest BCUT2D eigenvalue weighted by Crippen LogP contribution is -2.05. The highest BCUT2D eigenvalue weighted by Crippen LogP contribution is 2.25. The highest BCUT2D eigenvalue weighted by Gasteiger charge is 2.16. The normalized spacial score (nSPS) is 10.6. The van der Waals surface area contributed by atoms with E-state index in [-0.39, 0.29) is 5.56 Å². The summed E-state index contributed by atoms with van der Waals surface area (Å²) in [4.78, 5) is 10.3. The number of hydrogen-bond donors (Lipinski definition) is 1. The van der Waals surface area contributed by atoms with E-state index in [0.717, 1.165) is 18.2 Å². The number of rotatable bonds is 4. The molecule has 0 amide bonds. The fourth-order valence-corrected chi connectivity index (χ4v) is 1.17. The van der Waals surface area contributed by atoms with Gasteiger partial charge in [-0.25, -0.2) is 9.18 Å². The molecule has 0 aromatic heterocycles. The molecule has 0 aliphatic rings. The van der Waals surface area contributed by atoms with Crippen molar-refractivity contribution in [1.29, 1.82) is 5.26 Å². The van der Waals surface area contributed by atoms with Crippen molar-refractivity contribution >= 4 is 12.0 Å². The van der Waals surface area contributed by atoms with Gasteiger partial charge in [0, 0.05) is 6.08 Å². The molecule has 94 valence electrons. The Labute approximate surface area is 99.5 Å². The van der Waals surface area contributed by atoms with Crippen molar-refractivity contribution in [3.05, 3.63) is 35.2 Å². The SMILES string of the molecule is N#Cc1c(/C=C/C(=O)O)ccc(OC(F)F)c1F. The van der Waals surface area contributed by atoms with Gasteiger partial charge in [-0.05, 0) is 23.8 Å².